The molecule has 0 saturated heterocycles. The second-order valence-corrected chi connectivity index (χ2v) is 1.45. The van der Waals surface area contributed by atoms with Crippen LogP contribution in [0.4, 0.5) is 0 Å². The zero-order valence-electron chi connectivity index (χ0n) is 5.31. The first-order chi connectivity index (χ1) is 4.63. The van der Waals surface area contributed by atoms with Crippen molar-refractivity contribution in [2.24, 2.45) is 11.5 Å². The van der Waals surface area contributed by atoms with Gasteiger partial charge in [0.1, 0.15) is 0 Å². The van der Waals surface area contributed by atoms with Crippen molar-refractivity contribution in [2.45, 2.75) is 0 Å². The van der Waals surface area contributed by atoms with E-state index in [9.17, 15) is 0 Å². The molecule has 6 nitrogen and oxygen atoms in total. The molecule has 0 aromatic heterocycles. The molecular formula is C4H10N6. The molecule has 0 amide bonds. The topological polar surface area (TPSA) is 124 Å². The zero-order chi connectivity index (χ0) is 7.98. The first-order valence-corrected chi connectivity index (χ1v) is 2.49. The minimum Gasteiger partial charge on any atom is -0.370 e. The van der Waals surface area contributed by atoms with Crippen LogP contribution in [-0.2, 0) is 0 Å². The molecule has 0 radical (unpaired) electrons. The molecule has 0 bridgehead atoms. The van der Waals surface area contributed by atoms with Crippen molar-refractivity contribution in [3.8, 4) is 0 Å². The van der Waals surface area contributed by atoms with Crippen molar-refractivity contribution in [1.82, 2.24) is 10.6 Å². The molecule has 6 heteroatoms. The largest absolute Gasteiger partial charge is 0.370 e. The van der Waals surface area contributed by atoms with E-state index in [1.54, 1.807) is 0 Å². The summed E-state index contributed by atoms with van der Waals surface area (Å²) in [6, 6.07) is 0. The maximum Gasteiger partial charge on any atom is 0.189 e. The predicted octanol–water partition coefficient (Wildman–Crippen LogP) is -1.58. The summed E-state index contributed by atoms with van der Waals surface area (Å²) in [5.74, 6) is -0.330. The molecule has 0 aliphatic carbocycles. The lowest BCUT2D eigenvalue weighted by molar-refractivity contribution is 1.13. The first kappa shape index (κ1) is 8.28. The molecule has 56 valence electrons. The molecule has 0 aliphatic rings. The third-order valence-electron chi connectivity index (χ3n) is 0.561. The fraction of sp³-hybridized carbons (Fsp3) is 0. The van der Waals surface area contributed by atoms with Crippen LogP contribution >= 0.6 is 0 Å². The van der Waals surface area contributed by atoms with Gasteiger partial charge in [0.15, 0.2) is 11.9 Å². The van der Waals surface area contributed by atoms with Crippen LogP contribution in [0, 0.1) is 10.8 Å². The van der Waals surface area contributed by atoms with Gasteiger partial charge in [0.25, 0.3) is 0 Å². The molecule has 0 rings (SSSR count). The number of hydrogen-bond donors (Lipinski definition) is 6. The predicted molar refractivity (Wildman–Crippen MR) is 39.2 cm³/mol. The molecule has 8 N–H and O–H groups in total. The van der Waals surface area contributed by atoms with Gasteiger partial charge in [-0.05, 0) is 0 Å². The van der Waals surface area contributed by atoms with Crippen molar-refractivity contribution in [1.29, 1.82) is 10.8 Å². The fourth-order valence-electron chi connectivity index (χ4n) is 0.263. The Balaban J connectivity index is 3.38. The van der Waals surface area contributed by atoms with Gasteiger partial charge in [-0.3, -0.25) is 10.8 Å². The SMILES string of the molecule is N=C(N)NC=CNC(=N)N. The van der Waals surface area contributed by atoms with Gasteiger partial charge in [-0.25, -0.2) is 0 Å². The van der Waals surface area contributed by atoms with Gasteiger partial charge in [0.05, 0.1) is 0 Å². The Hall–Kier alpha value is -1.72. The van der Waals surface area contributed by atoms with E-state index in [0.29, 0.717) is 0 Å². The lowest BCUT2D eigenvalue weighted by Gasteiger charge is -1.95. The number of nitrogens with one attached hydrogen (secondary N) is 4. The molecular weight excluding hydrogens is 132 g/mol. The van der Waals surface area contributed by atoms with Crippen molar-refractivity contribution in [3.63, 3.8) is 0 Å². The summed E-state index contributed by atoms with van der Waals surface area (Å²) >= 11 is 0. The summed E-state index contributed by atoms with van der Waals surface area (Å²) in [5, 5.41) is 18.1. The molecule has 0 atom stereocenters. The van der Waals surface area contributed by atoms with E-state index in [1.165, 1.54) is 12.4 Å². The zero-order valence-corrected chi connectivity index (χ0v) is 5.31. The highest BCUT2D eigenvalue weighted by atomic mass is 15.1. The Morgan fingerprint density at radius 1 is 1.00 bits per heavy atom. The van der Waals surface area contributed by atoms with E-state index >= 15 is 0 Å². The number of rotatable bonds is 2. The van der Waals surface area contributed by atoms with Crippen LogP contribution in [0.25, 0.3) is 0 Å². The lowest BCUT2D eigenvalue weighted by Crippen LogP contribution is -2.28. The Kier molecular flexibility index (Phi) is 3.47. The molecule has 0 unspecified atom stereocenters. The highest BCUT2D eigenvalue weighted by molar-refractivity contribution is 5.76. The standard InChI is InChI=1S/C4H10N6/c5-3(6)9-1-2-10-4(7)8/h1-2H,(H4,5,6,9)(H4,7,8,10). The van der Waals surface area contributed by atoms with E-state index in [1.807, 2.05) is 0 Å². The smallest absolute Gasteiger partial charge is 0.189 e. The summed E-state index contributed by atoms with van der Waals surface area (Å²) in [6.07, 6.45) is 2.73. The lowest BCUT2D eigenvalue weighted by atomic mass is 10.8. The second kappa shape index (κ2) is 4.19. The second-order valence-electron chi connectivity index (χ2n) is 1.45. The molecule has 0 saturated carbocycles. The molecule has 0 spiro atoms. The van der Waals surface area contributed by atoms with E-state index in [0.717, 1.165) is 0 Å². The molecule has 0 heterocycles. The van der Waals surface area contributed by atoms with Crippen molar-refractivity contribution >= 4 is 11.9 Å². The van der Waals surface area contributed by atoms with Crippen LogP contribution in [0.5, 0.6) is 0 Å². The Bertz CT molecular complexity index is 141. The highest BCUT2D eigenvalue weighted by Crippen LogP contribution is 1.58. The quantitative estimate of drug-likeness (QED) is 0.206. The molecule has 0 fully saturated rings. The average Bonchev–Trinajstić information content (AvgIpc) is 1.79. The van der Waals surface area contributed by atoms with Gasteiger partial charge in [0.2, 0.25) is 0 Å². The summed E-state index contributed by atoms with van der Waals surface area (Å²) in [7, 11) is 0. The number of hydrogen-bond acceptors (Lipinski definition) is 2. The monoisotopic (exact) mass is 142 g/mol. The van der Waals surface area contributed by atoms with E-state index in [-0.39, 0.29) is 11.9 Å². The third-order valence-corrected chi connectivity index (χ3v) is 0.561. The molecule has 10 heavy (non-hydrogen) atoms. The maximum absolute atomic E-state index is 6.68. The van der Waals surface area contributed by atoms with Crippen LogP contribution in [-0.4, -0.2) is 11.9 Å². The van der Waals surface area contributed by atoms with Gasteiger partial charge in [-0.1, -0.05) is 0 Å². The Morgan fingerprint density at radius 3 is 1.50 bits per heavy atom. The van der Waals surface area contributed by atoms with Crippen LogP contribution in [0.15, 0.2) is 12.4 Å². The van der Waals surface area contributed by atoms with Gasteiger partial charge in [0, 0.05) is 12.4 Å². The summed E-state index contributed by atoms with van der Waals surface area (Å²) in [6.45, 7) is 0. The van der Waals surface area contributed by atoms with Crippen LogP contribution in [0.1, 0.15) is 0 Å². The summed E-state index contributed by atoms with van der Waals surface area (Å²) in [5.41, 5.74) is 9.84. The van der Waals surface area contributed by atoms with Crippen molar-refractivity contribution < 1.29 is 0 Å². The van der Waals surface area contributed by atoms with Gasteiger partial charge < -0.3 is 22.1 Å². The fourth-order valence-corrected chi connectivity index (χ4v) is 0.263. The summed E-state index contributed by atoms with van der Waals surface area (Å²) < 4.78 is 0. The Morgan fingerprint density at radius 2 is 1.30 bits per heavy atom. The van der Waals surface area contributed by atoms with Crippen LogP contribution in [0.3, 0.4) is 0 Å². The number of nitrogens with two attached hydrogens (primary N) is 2. The maximum atomic E-state index is 6.68. The van der Waals surface area contributed by atoms with E-state index in [4.69, 9.17) is 22.3 Å². The first-order valence-electron chi connectivity index (χ1n) is 2.49. The molecule has 0 aromatic carbocycles. The third kappa shape index (κ3) is 6.28. The minimum atomic E-state index is -0.165. The van der Waals surface area contributed by atoms with Gasteiger partial charge in [-0.15, -0.1) is 0 Å². The molecule has 0 aliphatic heterocycles. The van der Waals surface area contributed by atoms with Gasteiger partial charge in [-0.2, -0.15) is 0 Å². The number of guanidine groups is 2. The van der Waals surface area contributed by atoms with Crippen LogP contribution in [0.2, 0.25) is 0 Å². The van der Waals surface area contributed by atoms with Gasteiger partial charge >= 0.3 is 0 Å². The Labute approximate surface area is 58.3 Å². The van der Waals surface area contributed by atoms with E-state index in [2.05, 4.69) is 10.6 Å². The normalized spacial score (nSPS) is 9.20. The van der Waals surface area contributed by atoms with Crippen molar-refractivity contribution in [3.05, 3.63) is 12.4 Å². The van der Waals surface area contributed by atoms with Crippen LogP contribution < -0.4 is 22.1 Å². The van der Waals surface area contributed by atoms with Crippen molar-refractivity contribution in [2.75, 3.05) is 0 Å². The minimum absolute atomic E-state index is 0.165. The molecule has 0 aromatic rings. The average molecular weight is 142 g/mol. The highest BCUT2D eigenvalue weighted by Gasteiger charge is 1.78. The summed E-state index contributed by atoms with van der Waals surface area (Å²) in [4.78, 5) is 0. The van der Waals surface area contributed by atoms with E-state index < -0.39 is 0 Å².